The third-order valence-corrected chi connectivity index (χ3v) is 7.16. The molecule has 3 heterocycles. The molecule has 1 aliphatic heterocycles. The highest BCUT2D eigenvalue weighted by Gasteiger charge is 2.42. The second-order valence-corrected chi connectivity index (χ2v) is 11.3. The Bertz CT molecular complexity index is 1310. The zero-order chi connectivity index (χ0) is 27.1. The first kappa shape index (κ1) is 26.7. The number of rotatable bonds is 6. The molecular formula is C29H37N5O2S. The number of nitrogens with zero attached hydrogens (tertiary/aromatic N) is 3. The third kappa shape index (κ3) is 5.07. The maximum Gasteiger partial charge on any atom is 0.229 e. The van der Waals surface area contributed by atoms with Crippen molar-refractivity contribution in [2.24, 2.45) is 5.41 Å². The SMILES string of the molecule is COc1cc(N2C(=S)N[C@H](c3ccccn3)[C@H]2c2cc(C)n(C(C)C)c2C)ccc1NC(=O)C(C)(C)C. The summed E-state index contributed by atoms with van der Waals surface area (Å²) in [5.41, 5.74) is 5.50. The Labute approximate surface area is 225 Å². The first-order chi connectivity index (χ1) is 17.4. The summed E-state index contributed by atoms with van der Waals surface area (Å²) in [7, 11) is 1.61. The molecule has 196 valence electrons. The molecule has 1 aromatic carbocycles. The molecule has 0 radical (unpaired) electrons. The Morgan fingerprint density at radius 2 is 1.89 bits per heavy atom. The maximum atomic E-state index is 12.6. The Hall–Kier alpha value is -3.39. The van der Waals surface area contributed by atoms with Gasteiger partial charge < -0.3 is 24.8 Å². The minimum Gasteiger partial charge on any atom is -0.494 e. The first-order valence-electron chi connectivity index (χ1n) is 12.6. The van der Waals surface area contributed by atoms with Gasteiger partial charge in [0.25, 0.3) is 0 Å². The van der Waals surface area contributed by atoms with E-state index in [1.54, 1.807) is 7.11 Å². The summed E-state index contributed by atoms with van der Waals surface area (Å²) in [6, 6.07) is 14.1. The van der Waals surface area contributed by atoms with Crippen molar-refractivity contribution in [1.82, 2.24) is 14.9 Å². The lowest BCUT2D eigenvalue weighted by atomic mass is 9.95. The van der Waals surface area contributed by atoms with Gasteiger partial charge >= 0.3 is 0 Å². The molecule has 0 spiro atoms. The van der Waals surface area contributed by atoms with Crippen molar-refractivity contribution in [3.8, 4) is 5.75 Å². The van der Waals surface area contributed by atoms with E-state index < -0.39 is 5.41 Å². The van der Waals surface area contributed by atoms with Crippen molar-refractivity contribution < 1.29 is 9.53 Å². The number of benzene rings is 1. The van der Waals surface area contributed by atoms with Gasteiger partial charge in [-0.15, -0.1) is 0 Å². The molecule has 7 nitrogen and oxygen atoms in total. The second kappa shape index (κ2) is 10.2. The molecule has 2 atom stereocenters. The van der Waals surface area contributed by atoms with E-state index in [2.05, 4.69) is 58.8 Å². The summed E-state index contributed by atoms with van der Waals surface area (Å²) < 4.78 is 8.06. The highest BCUT2D eigenvalue weighted by Crippen LogP contribution is 2.45. The number of methoxy groups -OCH3 is 1. The van der Waals surface area contributed by atoms with Crippen molar-refractivity contribution >= 4 is 34.6 Å². The number of amides is 1. The molecule has 2 N–H and O–H groups in total. The molecule has 4 rings (SSSR count). The van der Waals surface area contributed by atoms with Crippen LogP contribution in [0.5, 0.6) is 5.75 Å². The van der Waals surface area contributed by atoms with E-state index in [0.717, 1.165) is 11.4 Å². The van der Waals surface area contributed by atoms with Gasteiger partial charge in [-0.05, 0) is 75.8 Å². The third-order valence-electron chi connectivity index (χ3n) is 6.85. The van der Waals surface area contributed by atoms with Crippen molar-refractivity contribution in [2.45, 2.75) is 66.6 Å². The van der Waals surface area contributed by atoms with Gasteiger partial charge in [-0.2, -0.15) is 0 Å². The summed E-state index contributed by atoms with van der Waals surface area (Å²) in [5, 5.41) is 7.14. The van der Waals surface area contributed by atoms with Gasteiger partial charge in [-0.3, -0.25) is 9.78 Å². The van der Waals surface area contributed by atoms with Gasteiger partial charge in [0.2, 0.25) is 5.91 Å². The molecule has 0 saturated carbocycles. The fourth-order valence-corrected chi connectivity index (χ4v) is 5.43. The Morgan fingerprint density at radius 1 is 1.16 bits per heavy atom. The van der Waals surface area contributed by atoms with E-state index in [-0.39, 0.29) is 18.0 Å². The van der Waals surface area contributed by atoms with Gasteiger partial charge in [0.05, 0.1) is 30.6 Å². The fraction of sp³-hybridized carbons (Fsp3) is 0.414. The van der Waals surface area contributed by atoms with E-state index in [1.165, 1.54) is 17.0 Å². The number of ether oxygens (including phenoxy) is 1. The van der Waals surface area contributed by atoms with Crippen LogP contribution in [0.4, 0.5) is 11.4 Å². The number of aromatic nitrogens is 2. The van der Waals surface area contributed by atoms with Gasteiger partial charge in [0, 0.05) is 40.8 Å². The zero-order valence-electron chi connectivity index (χ0n) is 22.9. The Morgan fingerprint density at radius 3 is 2.46 bits per heavy atom. The van der Waals surface area contributed by atoms with Crippen LogP contribution in [0.1, 0.15) is 75.4 Å². The number of hydrogen-bond acceptors (Lipinski definition) is 4. The van der Waals surface area contributed by atoms with E-state index in [0.29, 0.717) is 22.6 Å². The molecule has 1 aliphatic rings. The maximum absolute atomic E-state index is 12.6. The number of anilines is 2. The Balaban J connectivity index is 1.83. The minimum atomic E-state index is -0.524. The monoisotopic (exact) mass is 519 g/mol. The molecule has 8 heteroatoms. The highest BCUT2D eigenvalue weighted by atomic mass is 32.1. The fourth-order valence-electron chi connectivity index (χ4n) is 5.09. The summed E-state index contributed by atoms with van der Waals surface area (Å²) >= 11 is 5.91. The lowest BCUT2D eigenvalue weighted by Crippen LogP contribution is -2.30. The molecule has 1 fully saturated rings. The molecule has 1 saturated heterocycles. The summed E-state index contributed by atoms with van der Waals surface area (Å²) in [6.45, 7) is 14.4. The number of aryl methyl sites for hydroxylation is 1. The summed E-state index contributed by atoms with van der Waals surface area (Å²) in [5.74, 6) is 0.497. The van der Waals surface area contributed by atoms with Crippen LogP contribution in [0.15, 0.2) is 48.7 Å². The predicted molar refractivity (Wildman–Crippen MR) is 153 cm³/mol. The normalized spacial score (nSPS) is 17.8. The number of hydrogen-bond donors (Lipinski definition) is 2. The average Bonchev–Trinajstić information content (AvgIpc) is 3.34. The largest absolute Gasteiger partial charge is 0.494 e. The standard InChI is InChI=1S/C29H37N5O2S/c1-17(2)33-18(3)15-21(19(33)4)26-25(23-11-9-10-14-30-23)32-28(37)34(26)20-12-13-22(24(16-20)36-8)31-27(35)29(5,6)7/h9-17,25-26H,1-8H3,(H,31,35)(H,32,37)/t25-,26-/m1/s1. The van der Waals surface area contributed by atoms with Crippen LogP contribution in [0.3, 0.4) is 0 Å². The number of thiocarbonyl (C=S) groups is 1. The smallest absolute Gasteiger partial charge is 0.229 e. The van der Waals surface area contributed by atoms with Crippen LogP contribution in [-0.2, 0) is 4.79 Å². The van der Waals surface area contributed by atoms with Crippen LogP contribution >= 0.6 is 12.2 Å². The van der Waals surface area contributed by atoms with E-state index >= 15 is 0 Å². The molecular weight excluding hydrogens is 482 g/mol. The number of pyridine rings is 1. The van der Waals surface area contributed by atoms with E-state index in [4.69, 9.17) is 17.0 Å². The topological polar surface area (TPSA) is 71.4 Å². The second-order valence-electron chi connectivity index (χ2n) is 10.9. The predicted octanol–water partition coefficient (Wildman–Crippen LogP) is 6.25. The minimum absolute atomic E-state index is 0.0777. The van der Waals surface area contributed by atoms with Crippen molar-refractivity contribution in [3.05, 3.63) is 71.3 Å². The van der Waals surface area contributed by atoms with Crippen LogP contribution < -0.4 is 20.3 Å². The van der Waals surface area contributed by atoms with E-state index in [1.807, 2.05) is 63.4 Å². The van der Waals surface area contributed by atoms with E-state index in [9.17, 15) is 4.79 Å². The van der Waals surface area contributed by atoms with Gasteiger partial charge in [-0.25, -0.2) is 0 Å². The number of carbonyl (C=O) groups excluding carboxylic acids is 1. The molecule has 2 aromatic heterocycles. The van der Waals surface area contributed by atoms with Crippen LogP contribution in [0.2, 0.25) is 0 Å². The van der Waals surface area contributed by atoms with Gasteiger partial charge in [-0.1, -0.05) is 26.8 Å². The van der Waals surface area contributed by atoms with Crippen LogP contribution in [-0.4, -0.2) is 27.7 Å². The number of carbonyl (C=O) groups is 1. The van der Waals surface area contributed by atoms with Crippen molar-refractivity contribution in [1.29, 1.82) is 0 Å². The molecule has 37 heavy (non-hydrogen) atoms. The first-order valence-corrected chi connectivity index (χ1v) is 13.0. The van der Waals surface area contributed by atoms with Crippen molar-refractivity contribution in [2.75, 3.05) is 17.3 Å². The lowest BCUT2D eigenvalue weighted by Gasteiger charge is -2.29. The Kier molecular flexibility index (Phi) is 7.33. The molecule has 3 aromatic rings. The quantitative estimate of drug-likeness (QED) is 0.375. The molecule has 0 bridgehead atoms. The zero-order valence-corrected chi connectivity index (χ0v) is 23.7. The number of nitrogens with one attached hydrogen (secondary N) is 2. The van der Waals surface area contributed by atoms with Crippen LogP contribution in [0, 0.1) is 19.3 Å². The summed E-state index contributed by atoms with van der Waals surface area (Å²) in [6.07, 6.45) is 1.81. The van der Waals surface area contributed by atoms with Gasteiger partial charge in [0.1, 0.15) is 5.75 Å². The molecule has 0 aliphatic carbocycles. The highest BCUT2D eigenvalue weighted by molar-refractivity contribution is 7.80. The van der Waals surface area contributed by atoms with Gasteiger partial charge in [0.15, 0.2) is 5.11 Å². The summed E-state index contributed by atoms with van der Waals surface area (Å²) in [4.78, 5) is 19.4. The lowest BCUT2D eigenvalue weighted by molar-refractivity contribution is -0.123. The molecule has 1 amide bonds. The van der Waals surface area contributed by atoms with Crippen molar-refractivity contribution in [3.63, 3.8) is 0 Å². The average molecular weight is 520 g/mol. The van der Waals surface area contributed by atoms with Crippen LogP contribution in [0.25, 0.3) is 0 Å². The molecule has 0 unspecified atom stereocenters.